The summed E-state index contributed by atoms with van der Waals surface area (Å²) in [5.74, 6) is 0.627. The van der Waals surface area contributed by atoms with Crippen LogP contribution in [-0.4, -0.2) is 67.1 Å². The maximum absolute atomic E-state index is 12.7. The van der Waals surface area contributed by atoms with Gasteiger partial charge in [-0.2, -0.15) is 0 Å². The van der Waals surface area contributed by atoms with Crippen LogP contribution in [0.4, 0.5) is 5.82 Å². The number of hydrogen-bond acceptors (Lipinski definition) is 10. The van der Waals surface area contributed by atoms with Crippen LogP contribution in [0, 0.1) is 0 Å². The lowest BCUT2D eigenvalue weighted by atomic mass is 10.2. The van der Waals surface area contributed by atoms with E-state index in [2.05, 4.69) is 35.5 Å². The van der Waals surface area contributed by atoms with Crippen LogP contribution in [0.25, 0.3) is 34.3 Å². The van der Waals surface area contributed by atoms with Gasteiger partial charge in [-0.05, 0) is 25.1 Å². The third-order valence-electron chi connectivity index (χ3n) is 5.22. The summed E-state index contributed by atoms with van der Waals surface area (Å²) in [5, 5.41) is 11.4. The molecule has 0 spiro atoms. The molecule has 1 aliphatic rings. The molecule has 4 aromatic rings. The van der Waals surface area contributed by atoms with Crippen molar-refractivity contribution in [2.75, 3.05) is 31.9 Å². The Morgan fingerprint density at radius 2 is 1.76 bits per heavy atom. The van der Waals surface area contributed by atoms with E-state index >= 15 is 0 Å². The molecule has 1 aromatic carbocycles. The van der Waals surface area contributed by atoms with Crippen molar-refractivity contribution in [1.29, 1.82) is 0 Å². The largest absolute Gasteiger partial charge is 0.414 e. The molecule has 0 radical (unpaired) electrons. The van der Waals surface area contributed by atoms with Gasteiger partial charge in [0.1, 0.15) is 0 Å². The molecule has 33 heavy (non-hydrogen) atoms. The number of nitrogen functional groups attached to an aromatic ring is 1. The lowest BCUT2D eigenvalue weighted by molar-refractivity contribution is 0.0754. The molecular formula is C22H25N9O2. The molecule has 1 fully saturated rings. The summed E-state index contributed by atoms with van der Waals surface area (Å²) in [7, 11) is 0. The second-order valence-corrected chi connectivity index (χ2v) is 7.46. The first-order valence-electron chi connectivity index (χ1n) is 10.5. The molecule has 1 amide bonds. The van der Waals surface area contributed by atoms with Crippen molar-refractivity contribution in [3.8, 4) is 34.3 Å². The zero-order chi connectivity index (χ0) is 22.6. The number of anilines is 1. The van der Waals surface area contributed by atoms with Gasteiger partial charge in [-0.15, -0.1) is 10.2 Å². The summed E-state index contributed by atoms with van der Waals surface area (Å²) >= 11 is 0. The maximum Gasteiger partial charge on any atom is 0.291 e. The number of rotatable bonds is 4. The van der Waals surface area contributed by atoms with E-state index in [-0.39, 0.29) is 32.0 Å². The van der Waals surface area contributed by atoms with Crippen molar-refractivity contribution in [2.45, 2.75) is 6.42 Å². The predicted molar refractivity (Wildman–Crippen MR) is 124 cm³/mol. The highest BCUT2D eigenvalue weighted by atomic mass is 16.4. The highest BCUT2D eigenvalue weighted by Crippen LogP contribution is 2.27. The van der Waals surface area contributed by atoms with Gasteiger partial charge in [0.15, 0.2) is 11.5 Å². The van der Waals surface area contributed by atoms with E-state index < -0.39 is 0 Å². The number of nitrogens with one attached hydrogen (secondary N) is 1. The van der Waals surface area contributed by atoms with E-state index in [1.165, 1.54) is 6.20 Å². The first-order valence-corrected chi connectivity index (χ1v) is 10.5. The second kappa shape index (κ2) is 9.09. The van der Waals surface area contributed by atoms with Gasteiger partial charge in [-0.1, -0.05) is 18.2 Å². The smallest absolute Gasteiger partial charge is 0.291 e. The third kappa shape index (κ3) is 4.39. The van der Waals surface area contributed by atoms with Crippen LogP contribution in [-0.2, 0) is 0 Å². The molecule has 0 aliphatic carbocycles. The summed E-state index contributed by atoms with van der Waals surface area (Å²) < 4.78 is 5.76. The number of amides is 1. The van der Waals surface area contributed by atoms with Crippen LogP contribution in [0.1, 0.15) is 19.9 Å². The minimum Gasteiger partial charge on any atom is -0.414 e. The summed E-state index contributed by atoms with van der Waals surface area (Å²) in [6, 6.07) is 9.40. The second-order valence-electron chi connectivity index (χ2n) is 7.46. The summed E-state index contributed by atoms with van der Waals surface area (Å²) in [4.78, 5) is 31.7. The number of hydrogen-bond donors (Lipinski definition) is 2. The molecule has 0 atom stereocenters. The Bertz CT molecular complexity index is 1260. The Morgan fingerprint density at radius 1 is 0.970 bits per heavy atom. The standard InChI is InChI=1S/C22H21N9O2.2H2/c23-18-17(21-30-29-20(33-21)14-5-2-1-3-6-14)28-16(13-25-18)15-11-26-19(27-12-15)22(32)31-9-4-7-24-8-10-31;;/h1-3,5-6,11-13,24H,4,7-10H2,(H2,23,25);2*1H. The van der Waals surface area contributed by atoms with Gasteiger partial charge in [-0.25, -0.2) is 19.9 Å². The fraction of sp³-hybridized carbons (Fsp3) is 0.227. The number of carbonyl (C=O) groups excluding carboxylic acids is 1. The number of aromatic nitrogens is 6. The fourth-order valence-corrected chi connectivity index (χ4v) is 3.47. The first kappa shape index (κ1) is 20.6. The van der Waals surface area contributed by atoms with Gasteiger partial charge < -0.3 is 20.4 Å². The van der Waals surface area contributed by atoms with E-state index in [1.807, 2.05) is 30.3 Å². The molecule has 3 N–H and O–H groups in total. The highest BCUT2D eigenvalue weighted by molar-refractivity contribution is 5.90. The summed E-state index contributed by atoms with van der Waals surface area (Å²) in [6.45, 7) is 2.97. The Kier molecular flexibility index (Phi) is 5.68. The molecular weight excluding hydrogens is 422 g/mol. The predicted octanol–water partition coefficient (Wildman–Crippen LogP) is 2.16. The summed E-state index contributed by atoms with van der Waals surface area (Å²) in [5.41, 5.74) is 8.12. The van der Waals surface area contributed by atoms with Crippen LogP contribution in [0.3, 0.4) is 0 Å². The Morgan fingerprint density at radius 3 is 2.58 bits per heavy atom. The molecule has 3 aromatic heterocycles. The maximum atomic E-state index is 12.7. The lowest BCUT2D eigenvalue weighted by Crippen LogP contribution is -2.35. The van der Waals surface area contributed by atoms with Gasteiger partial charge in [0.25, 0.3) is 11.8 Å². The van der Waals surface area contributed by atoms with Gasteiger partial charge >= 0.3 is 0 Å². The minimum absolute atomic E-state index is 0. The van der Waals surface area contributed by atoms with Gasteiger partial charge in [0.2, 0.25) is 11.7 Å². The number of nitrogens with two attached hydrogens (primary N) is 1. The third-order valence-corrected chi connectivity index (χ3v) is 5.22. The van der Waals surface area contributed by atoms with Crippen LogP contribution in [0.2, 0.25) is 0 Å². The number of benzene rings is 1. The Balaban J connectivity index is 0.00000171. The van der Waals surface area contributed by atoms with Crippen LogP contribution in [0.5, 0.6) is 0 Å². The molecule has 0 unspecified atom stereocenters. The van der Waals surface area contributed by atoms with Gasteiger partial charge in [0, 0.05) is 46.0 Å². The SMILES string of the molecule is Nc1ncc(-c2cnc(C(=O)N3CCCNCC3)nc2)nc1-c1nnc(-c2ccccc2)o1.[HH].[HH]. The van der Waals surface area contributed by atoms with Crippen molar-refractivity contribution in [1.82, 2.24) is 40.3 Å². The normalized spacial score (nSPS) is 14.1. The molecule has 4 heterocycles. The fourth-order valence-electron chi connectivity index (χ4n) is 3.47. The van der Waals surface area contributed by atoms with Gasteiger partial charge in [-0.3, -0.25) is 4.79 Å². The average molecular weight is 448 g/mol. The average Bonchev–Trinajstić information content (AvgIpc) is 3.19. The van der Waals surface area contributed by atoms with Crippen LogP contribution < -0.4 is 11.1 Å². The summed E-state index contributed by atoms with van der Waals surface area (Å²) in [6.07, 6.45) is 5.50. The van der Waals surface area contributed by atoms with Crippen LogP contribution in [0.15, 0.2) is 53.3 Å². The zero-order valence-electron chi connectivity index (χ0n) is 17.7. The van der Waals surface area contributed by atoms with Crippen molar-refractivity contribution in [3.63, 3.8) is 0 Å². The van der Waals surface area contributed by atoms with E-state index in [0.29, 0.717) is 30.2 Å². The van der Waals surface area contributed by atoms with Crippen molar-refractivity contribution >= 4 is 11.7 Å². The minimum atomic E-state index is -0.186. The molecule has 0 saturated carbocycles. The molecule has 1 saturated heterocycles. The number of nitrogens with zero attached hydrogens (tertiary/aromatic N) is 7. The van der Waals surface area contributed by atoms with E-state index in [4.69, 9.17) is 10.2 Å². The molecule has 1 aliphatic heterocycles. The quantitative estimate of drug-likeness (QED) is 0.476. The molecule has 11 nitrogen and oxygen atoms in total. The monoisotopic (exact) mass is 447 g/mol. The van der Waals surface area contributed by atoms with Crippen LogP contribution >= 0.6 is 0 Å². The lowest BCUT2D eigenvalue weighted by Gasteiger charge is -2.18. The molecule has 0 bridgehead atoms. The molecule has 5 rings (SSSR count). The zero-order valence-corrected chi connectivity index (χ0v) is 17.7. The van der Waals surface area contributed by atoms with Crippen molar-refractivity contribution < 1.29 is 12.1 Å². The van der Waals surface area contributed by atoms with Crippen molar-refractivity contribution in [2.24, 2.45) is 0 Å². The van der Waals surface area contributed by atoms with E-state index in [0.717, 1.165) is 25.1 Å². The van der Waals surface area contributed by atoms with E-state index in [9.17, 15) is 4.79 Å². The van der Waals surface area contributed by atoms with E-state index in [1.54, 1.807) is 17.3 Å². The van der Waals surface area contributed by atoms with Gasteiger partial charge in [0.05, 0.1) is 11.9 Å². The number of carbonyl (C=O) groups is 1. The topological polar surface area (TPSA) is 149 Å². The van der Waals surface area contributed by atoms with Crippen molar-refractivity contribution in [3.05, 3.63) is 54.7 Å². The first-order chi connectivity index (χ1) is 16.2. The molecule has 170 valence electrons. The highest BCUT2D eigenvalue weighted by Gasteiger charge is 2.20. The Hall–Kier alpha value is -4.25. The molecule has 11 heteroatoms. The Labute approximate surface area is 192 Å².